The molecule has 7 nitrogen and oxygen atoms in total. The highest BCUT2D eigenvalue weighted by atomic mass is 15.1. The Bertz CT molecular complexity index is 946. The van der Waals surface area contributed by atoms with Crippen LogP contribution < -0.4 is 5.73 Å². The highest BCUT2D eigenvalue weighted by Crippen LogP contribution is 2.23. The van der Waals surface area contributed by atoms with Gasteiger partial charge in [-0.1, -0.05) is 6.07 Å². The van der Waals surface area contributed by atoms with Gasteiger partial charge in [0.2, 0.25) is 5.95 Å². The average Bonchev–Trinajstić information content (AvgIpc) is 2.99. The summed E-state index contributed by atoms with van der Waals surface area (Å²) < 4.78 is 1.91. The second kappa shape index (κ2) is 4.88. The molecule has 0 unspecified atom stereocenters. The molecule has 0 aliphatic carbocycles. The minimum Gasteiger partial charge on any atom is -0.368 e. The molecule has 0 aliphatic heterocycles. The second-order valence-corrected chi connectivity index (χ2v) is 4.69. The molecule has 3 heterocycles. The number of aromatic nitrogens is 6. The second-order valence-electron chi connectivity index (χ2n) is 4.69. The van der Waals surface area contributed by atoms with Crippen molar-refractivity contribution in [1.82, 2.24) is 29.5 Å². The SMILES string of the molecule is Nc1nccc(-c2ccc3c(c2)ncn3-c2ccncn2)n1. The van der Waals surface area contributed by atoms with E-state index in [1.807, 2.05) is 34.9 Å². The van der Waals surface area contributed by atoms with Crippen molar-refractivity contribution in [1.29, 1.82) is 0 Å². The van der Waals surface area contributed by atoms with Gasteiger partial charge in [0.25, 0.3) is 0 Å². The smallest absolute Gasteiger partial charge is 0.220 e. The zero-order chi connectivity index (χ0) is 14.9. The molecule has 0 aliphatic rings. The predicted octanol–water partition coefficient (Wildman–Crippen LogP) is 1.85. The van der Waals surface area contributed by atoms with Crippen LogP contribution in [-0.2, 0) is 0 Å². The summed E-state index contributed by atoms with van der Waals surface area (Å²) in [6.07, 6.45) is 6.60. The molecule has 0 atom stereocenters. The molecule has 0 fully saturated rings. The van der Waals surface area contributed by atoms with E-state index in [0.29, 0.717) is 0 Å². The number of benzene rings is 1. The molecular weight excluding hydrogens is 278 g/mol. The Morgan fingerprint density at radius 3 is 2.73 bits per heavy atom. The minimum atomic E-state index is 0.254. The molecule has 2 N–H and O–H groups in total. The summed E-state index contributed by atoms with van der Waals surface area (Å²) in [4.78, 5) is 20.7. The first-order valence-electron chi connectivity index (χ1n) is 6.64. The Kier molecular flexibility index (Phi) is 2.75. The van der Waals surface area contributed by atoms with Gasteiger partial charge in [-0.3, -0.25) is 4.57 Å². The Labute approximate surface area is 125 Å². The molecule has 22 heavy (non-hydrogen) atoms. The van der Waals surface area contributed by atoms with Crippen molar-refractivity contribution in [2.75, 3.05) is 5.73 Å². The van der Waals surface area contributed by atoms with E-state index in [-0.39, 0.29) is 5.95 Å². The topological polar surface area (TPSA) is 95.4 Å². The molecule has 4 aromatic rings. The van der Waals surface area contributed by atoms with Gasteiger partial charge in [0.15, 0.2) is 0 Å². The van der Waals surface area contributed by atoms with Gasteiger partial charge in [0.05, 0.1) is 16.7 Å². The third-order valence-corrected chi connectivity index (χ3v) is 3.33. The van der Waals surface area contributed by atoms with Gasteiger partial charge < -0.3 is 5.73 Å². The molecule has 0 saturated carbocycles. The number of rotatable bonds is 2. The monoisotopic (exact) mass is 289 g/mol. The first-order chi connectivity index (χ1) is 10.8. The molecule has 7 heteroatoms. The highest BCUT2D eigenvalue weighted by molar-refractivity contribution is 5.82. The van der Waals surface area contributed by atoms with Crippen molar-refractivity contribution in [2.24, 2.45) is 0 Å². The van der Waals surface area contributed by atoms with Crippen LogP contribution in [0.15, 0.2) is 55.4 Å². The van der Waals surface area contributed by atoms with E-state index in [1.165, 1.54) is 6.33 Å². The third kappa shape index (κ3) is 2.05. The van der Waals surface area contributed by atoms with E-state index in [9.17, 15) is 0 Å². The van der Waals surface area contributed by atoms with E-state index in [4.69, 9.17) is 5.73 Å². The standard InChI is InChI=1S/C15H11N7/c16-15-18-6-3-11(21-15)10-1-2-13-12(7-10)20-9-22(13)14-4-5-17-8-19-14/h1-9H,(H2,16,18,21). The van der Waals surface area contributed by atoms with Crippen LogP contribution in [0, 0.1) is 0 Å². The van der Waals surface area contributed by atoms with Crippen molar-refractivity contribution in [2.45, 2.75) is 0 Å². The van der Waals surface area contributed by atoms with E-state index in [2.05, 4.69) is 24.9 Å². The lowest BCUT2D eigenvalue weighted by molar-refractivity contribution is 0.995. The zero-order valence-corrected chi connectivity index (χ0v) is 11.5. The van der Waals surface area contributed by atoms with E-state index in [0.717, 1.165) is 28.1 Å². The number of hydrogen-bond acceptors (Lipinski definition) is 6. The first kappa shape index (κ1) is 12.4. The van der Waals surface area contributed by atoms with Crippen LogP contribution in [0.2, 0.25) is 0 Å². The van der Waals surface area contributed by atoms with Gasteiger partial charge in [0, 0.05) is 18.0 Å². The van der Waals surface area contributed by atoms with Gasteiger partial charge >= 0.3 is 0 Å². The number of fused-ring (bicyclic) bond motifs is 1. The normalized spacial score (nSPS) is 10.9. The summed E-state index contributed by atoms with van der Waals surface area (Å²) in [5.41, 5.74) is 9.16. The molecular formula is C15H11N7. The van der Waals surface area contributed by atoms with Crippen molar-refractivity contribution >= 4 is 17.0 Å². The van der Waals surface area contributed by atoms with Gasteiger partial charge in [-0.25, -0.2) is 24.9 Å². The Morgan fingerprint density at radius 1 is 0.955 bits per heavy atom. The first-order valence-corrected chi connectivity index (χ1v) is 6.64. The van der Waals surface area contributed by atoms with Crippen LogP contribution in [-0.4, -0.2) is 29.5 Å². The molecule has 3 aromatic heterocycles. The molecule has 0 bridgehead atoms. The molecule has 0 saturated heterocycles. The summed E-state index contributed by atoms with van der Waals surface area (Å²) in [5, 5.41) is 0. The lowest BCUT2D eigenvalue weighted by atomic mass is 10.1. The molecule has 4 rings (SSSR count). The summed E-state index contributed by atoms with van der Waals surface area (Å²) in [5.74, 6) is 1.03. The maximum absolute atomic E-state index is 5.63. The van der Waals surface area contributed by atoms with E-state index >= 15 is 0 Å². The average molecular weight is 289 g/mol. The maximum Gasteiger partial charge on any atom is 0.220 e. The fourth-order valence-corrected chi connectivity index (χ4v) is 2.32. The fourth-order valence-electron chi connectivity index (χ4n) is 2.32. The van der Waals surface area contributed by atoms with Crippen molar-refractivity contribution < 1.29 is 0 Å². The predicted molar refractivity (Wildman–Crippen MR) is 82.1 cm³/mol. The summed E-state index contributed by atoms with van der Waals surface area (Å²) in [7, 11) is 0. The number of nitrogens with two attached hydrogens (primary N) is 1. The number of nitrogen functional groups attached to an aromatic ring is 1. The molecule has 0 spiro atoms. The van der Waals surface area contributed by atoms with Crippen molar-refractivity contribution in [3.63, 3.8) is 0 Å². The van der Waals surface area contributed by atoms with Gasteiger partial charge in [0.1, 0.15) is 18.5 Å². The van der Waals surface area contributed by atoms with E-state index in [1.54, 1.807) is 18.7 Å². The Morgan fingerprint density at radius 2 is 1.91 bits per heavy atom. The zero-order valence-electron chi connectivity index (χ0n) is 11.5. The molecule has 0 amide bonds. The highest BCUT2D eigenvalue weighted by Gasteiger charge is 2.08. The Balaban J connectivity index is 1.84. The van der Waals surface area contributed by atoms with Crippen LogP contribution in [0.25, 0.3) is 28.1 Å². The molecule has 1 aromatic carbocycles. The lowest BCUT2D eigenvalue weighted by Crippen LogP contribution is -1.96. The summed E-state index contributed by atoms with van der Waals surface area (Å²) >= 11 is 0. The van der Waals surface area contributed by atoms with Crippen molar-refractivity contribution in [3.05, 3.63) is 55.4 Å². The third-order valence-electron chi connectivity index (χ3n) is 3.33. The number of nitrogens with zero attached hydrogens (tertiary/aromatic N) is 6. The summed E-state index contributed by atoms with van der Waals surface area (Å²) in [6.45, 7) is 0. The largest absolute Gasteiger partial charge is 0.368 e. The number of imidazole rings is 1. The Hall–Kier alpha value is -3.35. The van der Waals surface area contributed by atoms with Crippen LogP contribution in [0.4, 0.5) is 5.95 Å². The number of hydrogen-bond donors (Lipinski definition) is 1. The number of anilines is 1. The van der Waals surface area contributed by atoms with Crippen molar-refractivity contribution in [3.8, 4) is 17.1 Å². The maximum atomic E-state index is 5.63. The van der Waals surface area contributed by atoms with Crippen LogP contribution in [0.1, 0.15) is 0 Å². The van der Waals surface area contributed by atoms with Crippen LogP contribution in [0.3, 0.4) is 0 Å². The van der Waals surface area contributed by atoms with Gasteiger partial charge in [-0.2, -0.15) is 0 Å². The summed E-state index contributed by atoms with van der Waals surface area (Å²) in [6, 6.07) is 9.58. The lowest BCUT2D eigenvalue weighted by Gasteiger charge is -2.04. The molecule has 0 radical (unpaired) electrons. The van der Waals surface area contributed by atoms with E-state index < -0.39 is 0 Å². The minimum absolute atomic E-state index is 0.254. The van der Waals surface area contributed by atoms with Crippen LogP contribution in [0.5, 0.6) is 0 Å². The quantitative estimate of drug-likeness (QED) is 0.605. The molecule has 106 valence electrons. The van der Waals surface area contributed by atoms with Crippen LogP contribution >= 0.6 is 0 Å². The fraction of sp³-hybridized carbons (Fsp3) is 0. The van der Waals surface area contributed by atoms with Gasteiger partial charge in [-0.15, -0.1) is 0 Å². The van der Waals surface area contributed by atoms with Gasteiger partial charge in [-0.05, 0) is 24.3 Å².